The highest BCUT2D eigenvalue weighted by atomic mass is 32.1. The van der Waals surface area contributed by atoms with Crippen LogP contribution in [0.15, 0.2) is 48.5 Å². The van der Waals surface area contributed by atoms with Gasteiger partial charge in [-0.25, -0.2) is 0 Å². The molecule has 0 aromatic heterocycles. The maximum Gasteiger partial charge on any atom is 0.255 e. The zero-order valence-electron chi connectivity index (χ0n) is 12.0. The standard InChI is InChI=1S/C16H17N3OS/c1-19(2)14-8-6-13(7-9-14)18-16(20)12-5-3-4-11(10-12)15(17)21/h3-10H,1-2H3,(H2,17,21)(H,18,20). The molecule has 2 aromatic rings. The van der Waals surface area contributed by atoms with E-state index in [1.54, 1.807) is 24.3 Å². The van der Waals surface area contributed by atoms with Crippen molar-refractivity contribution in [2.45, 2.75) is 0 Å². The van der Waals surface area contributed by atoms with E-state index in [2.05, 4.69) is 5.32 Å². The summed E-state index contributed by atoms with van der Waals surface area (Å²) in [5.74, 6) is -0.189. The number of carbonyl (C=O) groups is 1. The minimum Gasteiger partial charge on any atom is -0.389 e. The number of thiocarbonyl (C=S) groups is 1. The average molecular weight is 299 g/mol. The third-order valence-electron chi connectivity index (χ3n) is 3.05. The summed E-state index contributed by atoms with van der Waals surface area (Å²) in [5, 5.41) is 2.85. The fourth-order valence-corrected chi connectivity index (χ4v) is 1.99. The fraction of sp³-hybridized carbons (Fsp3) is 0.125. The molecule has 4 nitrogen and oxygen atoms in total. The number of benzene rings is 2. The summed E-state index contributed by atoms with van der Waals surface area (Å²) in [6, 6.07) is 14.6. The van der Waals surface area contributed by atoms with Gasteiger partial charge in [0, 0.05) is 36.6 Å². The second-order valence-electron chi connectivity index (χ2n) is 4.84. The largest absolute Gasteiger partial charge is 0.389 e. The number of nitrogens with one attached hydrogen (secondary N) is 1. The molecule has 0 aliphatic rings. The van der Waals surface area contributed by atoms with Gasteiger partial charge in [0.2, 0.25) is 0 Å². The average Bonchev–Trinajstić information content (AvgIpc) is 2.48. The minimum absolute atomic E-state index is 0.189. The Kier molecular flexibility index (Phi) is 4.55. The van der Waals surface area contributed by atoms with E-state index in [4.69, 9.17) is 18.0 Å². The van der Waals surface area contributed by atoms with Gasteiger partial charge in [0.15, 0.2) is 0 Å². The predicted molar refractivity (Wildman–Crippen MR) is 91.1 cm³/mol. The van der Waals surface area contributed by atoms with Crippen LogP contribution in [0.1, 0.15) is 15.9 Å². The number of nitrogens with two attached hydrogens (primary N) is 1. The van der Waals surface area contributed by atoms with Crippen LogP contribution in [0.25, 0.3) is 0 Å². The highest BCUT2D eigenvalue weighted by Crippen LogP contribution is 2.16. The summed E-state index contributed by atoms with van der Waals surface area (Å²) in [6.45, 7) is 0. The maximum absolute atomic E-state index is 12.2. The molecule has 1 amide bonds. The first-order chi connectivity index (χ1) is 9.97. The van der Waals surface area contributed by atoms with Gasteiger partial charge < -0.3 is 16.0 Å². The van der Waals surface area contributed by atoms with Gasteiger partial charge in [-0.1, -0.05) is 24.4 Å². The number of hydrogen-bond donors (Lipinski definition) is 2. The number of amides is 1. The lowest BCUT2D eigenvalue weighted by Crippen LogP contribution is -2.15. The van der Waals surface area contributed by atoms with Gasteiger partial charge in [0.1, 0.15) is 4.99 Å². The zero-order chi connectivity index (χ0) is 15.4. The van der Waals surface area contributed by atoms with Crippen molar-refractivity contribution >= 4 is 34.5 Å². The number of carbonyl (C=O) groups excluding carboxylic acids is 1. The van der Waals surface area contributed by atoms with Crippen molar-refractivity contribution in [3.8, 4) is 0 Å². The molecule has 108 valence electrons. The Morgan fingerprint density at radius 3 is 2.29 bits per heavy atom. The first kappa shape index (κ1) is 15.0. The third-order valence-corrected chi connectivity index (χ3v) is 3.29. The van der Waals surface area contributed by atoms with Crippen molar-refractivity contribution in [2.24, 2.45) is 5.73 Å². The van der Waals surface area contributed by atoms with E-state index in [1.165, 1.54) is 0 Å². The number of rotatable bonds is 4. The molecule has 2 rings (SSSR count). The Morgan fingerprint density at radius 2 is 1.71 bits per heavy atom. The Balaban J connectivity index is 2.14. The Bertz CT molecular complexity index is 665. The van der Waals surface area contributed by atoms with E-state index in [9.17, 15) is 4.79 Å². The van der Waals surface area contributed by atoms with Crippen LogP contribution in [0, 0.1) is 0 Å². The van der Waals surface area contributed by atoms with Crippen LogP contribution in [0.4, 0.5) is 11.4 Å². The van der Waals surface area contributed by atoms with Crippen LogP contribution in [0.2, 0.25) is 0 Å². The molecule has 0 heterocycles. The number of hydrogen-bond acceptors (Lipinski definition) is 3. The van der Waals surface area contributed by atoms with Crippen molar-refractivity contribution in [3.63, 3.8) is 0 Å². The summed E-state index contributed by atoms with van der Waals surface area (Å²) in [4.78, 5) is 14.5. The van der Waals surface area contributed by atoms with E-state index in [0.717, 1.165) is 11.4 Å². The summed E-state index contributed by atoms with van der Waals surface area (Å²) in [5.41, 5.74) is 8.60. The molecular weight excluding hydrogens is 282 g/mol. The molecule has 0 unspecified atom stereocenters. The second-order valence-corrected chi connectivity index (χ2v) is 5.28. The molecule has 0 radical (unpaired) electrons. The molecule has 0 aliphatic carbocycles. The lowest BCUT2D eigenvalue weighted by atomic mass is 10.1. The summed E-state index contributed by atoms with van der Waals surface area (Å²) < 4.78 is 0. The van der Waals surface area contributed by atoms with E-state index >= 15 is 0 Å². The van der Waals surface area contributed by atoms with Gasteiger partial charge in [-0.15, -0.1) is 0 Å². The monoisotopic (exact) mass is 299 g/mol. The molecule has 2 aromatic carbocycles. The molecule has 5 heteroatoms. The van der Waals surface area contributed by atoms with Crippen LogP contribution >= 0.6 is 12.2 Å². The normalized spacial score (nSPS) is 10.0. The fourth-order valence-electron chi connectivity index (χ4n) is 1.86. The predicted octanol–water partition coefficient (Wildman–Crippen LogP) is 2.64. The second kappa shape index (κ2) is 6.37. The van der Waals surface area contributed by atoms with Crippen molar-refractivity contribution in [2.75, 3.05) is 24.3 Å². The molecule has 0 spiro atoms. The van der Waals surface area contributed by atoms with Crippen LogP contribution in [0.3, 0.4) is 0 Å². The van der Waals surface area contributed by atoms with Crippen molar-refractivity contribution in [1.82, 2.24) is 0 Å². The van der Waals surface area contributed by atoms with Gasteiger partial charge in [0.05, 0.1) is 0 Å². The quantitative estimate of drug-likeness (QED) is 0.852. The van der Waals surface area contributed by atoms with E-state index < -0.39 is 0 Å². The molecule has 3 N–H and O–H groups in total. The molecule has 0 bridgehead atoms. The van der Waals surface area contributed by atoms with Crippen molar-refractivity contribution in [3.05, 3.63) is 59.7 Å². The maximum atomic E-state index is 12.2. The van der Waals surface area contributed by atoms with Gasteiger partial charge in [-0.2, -0.15) is 0 Å². The molecule has 0 aliphatic heterocycles. The summed E-state index contributed by atoms with van der Waals surface area (Å²) in [7, 11) is 3.93. The number of anilines is 2. The van der Waals surface area contributed by atoms with Crippen LogP contribution in [-0.4, -0.2) is 25.0 Å². The van der Waals surface area contributed by atoms with E-state index in [-0.39, 0.29) is 10.9 Å². The smallest absolute Gasteiger partial charge is 0.255 e. The van der Waals surface area contributed by atoms with E-state index in [0.29, 0.717) is 11.1 Å². The Labute approximate surface area is 129 Å². The van der Waals surface area contributed by atoms with Crippen LogP contribution in [-0.2, 0) is 0 Å². The first-order valence-corrected chi connectivity index (χ1v) is 6.87. The summed E-state index contributed by atoms with van der Waals surface area (Å²) in [6.07, 6.45) is 0. The Hall–Kier alpha value is -2.40. The topological polar surface area (TPSA) is 58.4 Å². The van der Waals surface area contributed by atoms with Crippen molar-refractivity contribution in [1.29, 1.82) is 0 Å². The molecular formula is C16H17N3OS. The lowest BCUT2D eigenvalue weighted by Gasteiger charge is -2.13. The van der Waals surface area contributed by atoms with Crippen molar-refractivity contribution < 1.29 is 4.79 Å². The highest BCUT2D eigenvalue weighted by molar-refractivity contribution is 7.80. The Morgan fingerprint density at radius 1 is 1.10 bits per heavy atom. The highest BCUT2D eigenvalue weighted by Gasteiger charge is 2.08. The molecule has 0 fully saturated rings. The molecule has 0 saturated carbocycles. The lowest BCUT2D eigenvalue weighted by molar-refractivity contribution is 0.102. The SMILES string of the molecule is CN(C)c1ccc(NC(=O)c2cccc(C(N)=S)c2)cc1. The van der Waals surface area contributed by atoms with Gasteiger partial charge in [0.25, 0.3) is 5.91 Å². The number of nitrogens with zero attached hydrogens (tertiary/aromatic N) is 1. The molecule has 0 saturated heterocycles. The van der Waals surface area contributed by atoms with Gasteiger partial charge >= 0.3 is 0 Å². The minimum atomic E-state index is -0.189. The van der Waals surface area contributed by atoms with Gasteiger partial charge in [-0.05, 0) is 36.4 Å². The molecule has 21 heavy (non-hydrogen) atoms. The zero-order valence-corrected chi connectivity index (χ0v) is 12.8. The van der Waals surface area contributed by atoms with Crippen LogP contribution < -0.4 is 16.0 Å². The third kappa shape index (κ3) is 3.79. The van der Waals surface area contributed by atoms with Crippen LogP contribution in [0.5, 0.6) is 0 Å². The summed E-state index contributed by atoms with van der Waals surface area (Å²) >= 11 is 4.92. The van der Waals surface area contributed by atoms with Gasteiger partial charge in [-0.3, -0.25) is 4.79 Å². The first-order valence-electron chi connectivity index (χ1n) is 6.46. The molecule has 0 atom stereocenters. The van der Waals surface area contributed by atoms with E-state index in [1.807, 2.05) is 43.3 Å².